The molecule has 3 rings (SSSR count). The van der Waals surface area contributed by atoms with E-state index in [9.17, 15) is 4.39 Å². The van der Waals surface area contributed by atoms with Gasteiger partial charge in [-0.25, -0.2) is 9.24 Å². The Kier molecular flexibility index (Phi) is 4.29. The van der Waals surface area contributed by atoms with Crippen molar-refractivity contribution >= 4 is 17.1 Å². The molecule has 0 aliphatic carbocycles. The van der Waals surface area contributed by atoms with Crippen molar-refractivity contribution in [3.8, 4) is 0 Å². The summed E-state index contributed by atoms with van der Waals surface area (Å²) in [5.41, 5.74) is 4.98. The summed E-state index contributed by atoms with van der Waals surface area (Å²) < 4.78 is 14.9. The van der Waals surface area contributed by atoms with Crippen LogP contribution in [0, 0.1) is 12.4 Å². The van der Waals surface area contributed by atoms with Crippen LogP contribution in [0.25, 0.3) is 4.85 Å². The maximum absolute atomic E-state index is 12.9. The number of halogens is 1. The minimum Gasteiger partial charge on any atom is -0.238 e. The number of hydrazone groups is 1. The second kappa shape index (κ2) is 6.53. The van der Waals surface area contributed by atoms with Crippen LogP contribution in [0.3, 0.4) is 0 Å². The molecule has 0 saturated heterocycles. The molecule has 2 aromatic rings. The van der Waals surface area contributed by atoms with Crippen molar-refractivity contribution in [1.29, 1.82) is 0 Å². The Morgan fingerprint density at radius 2 is 1.96 bits per heavy atom. The van der Waals surface area contributed by atoms with Crippen LogP contribution in [0.4, 0.5) is 10.1 Å². The molecule has 0 bridgehead atoms. The normalized spacial score (nSPS) is 13.9. The Balaban J connectivity index is 1.67. The molecule has 114 valence electrons. The first kappa shape index (κ1) is 15.1. The van der Waals surface area contributed by atoms with Crippen LogP contribution in [0.2, 0.25) is 0 Å². The zero-order valence-electron chi connectivity index (χ0n) is 13.0. The predicted octanol–water partition coefficient (Wildman–Crippen LogP) is 4.20. The number of hydrogen-bond donors (Lipinski definition) is 0. The lowest BCUT2D eigenvalue weighted by atomic mass is 10.0. The number of benzene rings is 2. The van der Waals surface area contributed by atoms with Gasteiger partial charge in [0.25, 0.3) is 0 Å². The van der Waals surface area contributed by atoms with Crippen LogP contribution >= 0.6 is 0 Å². The number of hydrogen-bond acceptors (Lipinski definition) is 1. The molecule has 0 unspecified atom stereocenters. The number of aryl methyl sites for hydroxylation is 1. The fourth-order valence-electron chi connectivity index (χ4n) is 2.70. The molecule has 1 heterocycles. The molecular formula is C19H17FN3+. The van der Waals surface area contributed by atoms with Crippen LogP contribution in [0.5, 0.6) is 0 Å². The molecule has 0 aromatic heterocycles. The van der Waals surface area contributed by atoms with Gasteiger partial charge < -0.3 is 0 Å². The van der Waals surface area contributed by atoms with E-state index in [-0.39, 0.29) is 5.82 Å². The Morgan fingerprint density at radius 3 is 2.70 bits per heavy atom. The summed E-state index contributed by atoms with van der Waals surface area (Å²) in [7, 11) is 1.95. The van der Waals surface area contributed by atoms with Crippen molar-refractivity contribution in [3.63, 3.8) is 0 Å². The van der Waals surface area contributed by atoms with Gasteiger partial charge in [0.15, 0.2) is 18.4 Å². The minimum atomic E-state index is -0.204. The van der Waals surface area contributed by atoms with Crippen molar-refractivity contribution in [2.75, 3.05) is 7.05 Å². The first-order valence-electron chi connectivity index (χ1n) is 7.54. The highest BCUT2D eigenvalue weighted by Gasteiger charge is 2.24. The lowest BCUT2D eigenvalue weighted by Gasteiger charge is -2.00. The average molecular weight is 306 g/mol. The van der Waals surface area contributed by atoms with E-state index >= 15 is 0 Å². The van der Waals surface area contributed by atoms with Crippen LogP contribution in [-0.4, -0.2) is 23.2 Å². The van der Waals surface area contributed by atoms with Crippen LogP contribution in [0.1, 0.15) is 24.0 Å². The van der Waals surface area contributed by atoms with Gasteiger partial charge in [0, 0.05) is 6.42 Å². The maximum atomic E-state index is 12.9. The Labute approximate surface area is 135 Å². The molecule has 3 nitrogen and oxygen atoms in total. The predicted molar refractivity (Wildman–Crippen MR) is 89.8 cm³/mol. The average Bonchev–Trinajstić information content (AvgIpc) is 2.95. The third kappa shape index (κ3) is 3.51. The highest BCUT2D eigenvalue weighted by molar-refractivity contribution is 6.13. The van der Waals surface area contributed by atoms with Crippen molar-refractivity contribution < 1.29 is 9.07 Å². The zero-order chi connectivity index (χ0) is 16.2. The topological polar surface area (TPSA) is 19.7 Å². The molecule has 0 saturated carbocycles. The second-order valence-electron chi connectivity index (χ2n) is 5.60. The molecular weight excluding hydrogens is 289 g/mol. The first-order chi connectivity index (χ1) is 11.2. The van der Waals surface area contributed by atoms with Crippen molar-refractivity contribution in [2.45, 2.75) is 19.3 Å². The fraction of sp³-hybridized carbons (Fsp3) is 0.211. The van der Waals surface area contributed by atoms with Gasteiger partial charge in [-0.3, -0.25) is 0 Å². The molecule has 0 radical (unpaired) electrons. The first-order valence-corrected chi connectivity index (χ1v) is 7.54. The van der Waals surface area contributed by atoms with Crippen LogP contribution in [0.15, 0.2) is 53.6 Å². The monoisotopic (exact) mass is 306 g/mol. The zero-order valence-corrected chi connectivity index (χ0v) is 13.0. The van der Waals surface area contributed by atoms with Crippen molar-refractivity contribution in [3.05, 3.63) is 76.9 Å². The van der Waals surface area contributed by atoms with E-state index in [1.165, 1.54) is 17.8 Å². The summed E-state index contributed by atoms with van der Waals surface area (Å²) in [6.45, 7) is 7.11. The second-order valence-corrected chi connectivity index (χ2v) is 5.60. The van der Waals surface area contributed by atoms with Gasteiger partial charge in [0.05, 0.1) is 13.0 Å². The smallest absolute Gasteiger partial charge is 0.191 e. The molecule has 0 N–H and O–H groups in total. The van der Waals surface area contributed by atoms with Gasteiger partial charge in [0.2, 0.25) is 0 Å². The van der Waals surface area contributed by atoms with E-state index in [0.29, 0.717) is 5.69 Å². The number of nitrogens with zero attached hydrogens (tertiary/aromatic N) is 3. The van der Waals surface area contributed by atoms with Gasteiger partial charge in [-0.1, -0.05) is 35.0 Å². The van der Waals surface area contributed by atoms with E-state index in [2.05, 4.69) is 9.95 Å². The molecule has 0 atom stereocenters. The molecule has 0 spiro atoms. The highest BCUT2D eigenvalue weighted by atomic mass is 19.1. The molecule has 4 heteroatoms. The summed E-state index contributed by atoms with van der Waals surface area (Å²) in [6.07, 6.45) is 2.54. The molecule has 1 aliphatic rings. The van der Waals surface area contributed by atoms with Crippen LogP contribution in [-0.2, 0) is 6.42 Å². The fourth-order valence-corrected chi connectivity index (χ4v) is 2.70. The van der Waals surface area contributed by atoms with Gasteiger partial charge in [-0.15, -0.1) is 0 Å². The third-order valence-corrected chi connectivity index (χ3v) is 4.02. The van der Waals surface area contributed by atoms with E-state index in [4.69, 9.17) is 6.57 Å². The molecule has 0 fully saturated rings. The van der Waals surface area contributed by atoms with E-state index < -0.39 is 0 Å². The van der Waals surface area contributed by atoms with E-state index in [1.54, 1.807) is 6.07 Å². The number of rotatable bonds is 4. The van der Waals surface area contributed by atoms with Gasteiger partial charge in [-0.2, -0.15) is 0 Å². The highest BCUT2D eigenvalue weighted by Crippen LogP contribution is 2.19. The van der Waals surface area contributed by atoms with Gasteiger partial charge in [-0.05, 0) is 40.8 Å². The minimum absolute atomic E-state index is 0.204. The summed E-state index contributed by atoms with van der Waals surface area (Å²) >= 11 is 0. The standard InChI is InChI=1S/C19H17FN3/c1-21-17-5-3-4-15(12-17)19-13-18(23(2)22-19)11-8-14-6-9-16(20)10-7-14/h3-7,9-10,12H,8,11,13H2,2H3/q+1. The lowest BCUT2D eigenvalue weighted by Crippen LogP contribution is -2.10. The SMILES string of the molecule is [C-]#[N+]c1cccc(C2=N[N+](C)=C(CCc3ccc(F)cc3)C2)c1. The molecule has 0 amide bonds. The summed E-state index contributed by atoms with van der Waals surface area (Å²) in [6, 6.07) is 14.2. The molecule has 1 aliphatic heterocycles. The lowest BCUT2D eigenvalue weighted by molar-refractivity contribution is -0.500. The largest absolute Gasteiger partial charge is 0.238 e. The maximum Gasteiger partial charge on any atom is 0.191 e. The Hall–Kier alpha value is -2.80. The van der Waals surface area contributed by atoms with E-state index in [0.717, 1.165) is 36.1 Å². The summed E-state index contributed by atoms with van der Waals surface area (Å²) in [5, 5.41) is 4.59. The van der Waals surface area contributed by atoms with Gasteiger partial charge >= 0.3 is 0 Å². The molecule has 2 aromatic carbocycles. The van der Waals surface area contributed by atoms with Gasteiger partial charge in [0.1, 0.15) is 11.5 Å². The Morgan fingerprint density at radius 1 is 1.17 bits per heavy atom. The summed E-state index contributed by atoms with van der Waals surface area (Å²) in [5.74, 6) is -0.204. The Bertz CT molecular complexity index is 826. The van der Waals surface area contributed by atoms with E-state index in [1.807, 2.05) is 42.1 Å². The van der Waals surface area contributed by atoms with Crippen molar-refractivity contribution in [1.82, 2.24) is 0 Å². The van der Waals surface area contributed by atoms with Crippen molar-refractivity contribution in [2.24, 2.45) is 5.10 Å². The van der Waals surface area contributed by atoms with Crippen LogP contribution < -0.4 is 0 Å². The summed E-state index contributed by atoms with van der Waals surface area (Å²) in [4.78, 5) is 3.47. The quantitative estimate of drug-likeness (QED) is 0.596. The third-order valence-electron chi connectivity index (χ3n) is 4.02. The molecule has 23 heavy (non-hydrogen) atoms.